The number of nitro benzene ring substituents is 1. The molecule has 0 aliphatic carbocycles. The fraction of sp³-hybridized carbons (Fsp3) is 0.200. The van der Waals surface area contributed by atoms with Gasteiger partial charge < -0.3 is 4.90 Å². The molecule has 2 rings (SSSR count). The molecule has 0 radical (unpaired) electrons. The first kappa shape index (κ1) is 14.6. The summed E-state index contributed by atoms with van der Waals surface area (Å²) in [7, 11) is 2.02. The first-order valence-corrected chi connectivity index (χ1v) is 6.57. The van der Waals surface area contributed by atoms with E-state index >= 15 is 0 Å². The van der Waals surface area contributed by atoms with Crippen molar-refractivity contribution < 1.29 is 4.92 Å². The molecule has 2 aromatic carbocycles. The zero-order valence-electron chi connectivity index (χ0n) is 11.9. The van der Waals surface area contributed by atoms with Crippen molar-refractivity contribution in [1.29, 1.82) is 0 Å². The van der Waals surface area contributed by atoms with Crippen molar-refractivity contribution in [1.82, 2.24) is 0 Å². The van der Waals surface area contributed by atoms with E-state index in [4.69, 9.17) is 0 Å². The summed E-state index contributed by atoms with van der Waals surface area (Å²) >= 11 is 0. The Labute approximate surface area is 122 Å². The molecule has 2 aromatic rings. The van der Waals surface area contributed by atoms with Gasteiger partial charge in [0.2, 0.25) is 0 Å². The number of nitro groups is 1. The second-order valence-electron chi connectivity index (χ2n) is 4.50. The Kier molecular flexibility index (Phi) is 4.61. The summed E-state index contributed by atoms with van der Waals surface area (Å²) in [5, 5.41) is 18.7. The smallest absolute Gasteiger partial charge is 0.269 e. The molecule has 0 N–H and O–H groups in total. The number of benzene rings is 2. The van der Waals surface area contributed by atoms with E-state index in [1.165, 1.54) is 12.1 Å². The number of hydrogen-bond donors (Lipinski definition) is 0. The number of nitrogens with zero attached hydrogens (tertiary/aromatic N) is 4. The maximum atomic E-state index is 10.6. The first-order valence-electron chi connectivity index (χ1n) is 6.57. The number of rotatable bonds is 5. The summed E-state index contributed by atoms with van der Waals surface area (Å²) < 4.78 is 0. The molecule has 0 saturated heterocycles. The average molecular weight is 284 g/mol. The maximum absolute atomic E-state index is 10.6. The van der Waals surface area contributed by atoms with Gasteiger partial charge in [-0.15, -0.1) is 0 Å². The molecule has 0 aliphatic rings. The number of non-ortho nitro benzene ring substituents is 1. The molecule has 21 heavy (non-hydrogen) atoms. The minimum absolute atomic E-state index is 0.0425. The van der Waals surface area contributed by atoms with Crippen LogP contribution in [0, 0.1) is 10.1 Å². The summed E-state index contributed by atoms with van der Waals surface area (Å²) in [5.74, 6) is 0. The van der Waals surface area contributed by atoms with E-state index in [0.717, 1.165) is 17.9 Å². The van der Waals surface area contributed by atoms with Crippen LogP contribution in [0.15, 0.2) is 58.8 Å². The second-order valence-corrected chi connectivity index (χ2v) is 4.50. The quantitative estimate of drug-likeness (QED) is 0.462. The van der Waals surface area contributed by atoms with Crippen molar-refractivity contribution in [3.8, 4) is 0 Å². The van der Waals surface area contributed by atoms with Crippen molar-refractivity contribution in [3.05, 3.63) is 58.6 Å². The lowest BCUT2D eigenvalue weighted by Crippen LogP contribution is -2.15. The molecule has 0 atom stereocenters. The van der Waals surface area contributed by atoms with Gasteiger partial charge in [-0.2, -0.15) is 10.2 Å². The number of anilines is 1. The fourth-order valence-corrected chi connectivity index (χ4v) is 1.71. The fourth-order valence-electron chi connectivity index (χ4n) is 1.71. The van der Waals surface area contributed by atoms with Crippen LogP contribution in [0.25, 0.3) is 0 Å². The van der Waals surface area contributed by atoms with Gasteiger partial charge in [-0.1, -0.05) is 0 Å². The maximum Gasteiger partial charge on any atom is 0.269 e. The van der Waals surface area contributed by atoms with Gasteiger partial charge >= 0.3 is 0 Å². The van der Waals surface area contributed by atoms with Gasteiger partial charge in [-0.3, -0.25) is 10.1 Å². The Bertz CT molecular complexity index is 636. The molecule has 0 amide bonds. The molecule has 0 aliphatic heterocycles. The Morgan fingerprint density at radius 2 is 1.48 bits per heavy atom. The van der Waals surface area contributed by atoms with E-state index in [0.29, 0.717) is 5.69 Å². The van der Waals surface area contributed by atoms with Crippen molar-refractivity contribution in [2.45, 2.75) is 6.92 Å². The second kappa shape index (κ2) is 6.60. The van der Waals surface area contributed by atoms with E-state index < -0.39 is 4.92 Å². The number of azo groups is 1. The topological polar surface area (TPSA) is 71.1 Å². The Hall–Kier alpha value is -2.76. The van der Waals surface area contributed by atoms with Crippen LogP contribution in [-0.2, 0) is 0 Å². The molecular formula is C15H16N4O2. The van der Waals surface area contributed by atoms with Gasteiger partial charge in [0.25, 0.3) is 5.69 Å². The predicted octanol–water partition coefficient (Wildman–Crippen LogP) is 4.47. The molecule has 6 heteroatoms. The molecule has 0 aromatic heterocycles. The lowest BCUT2D eigenvalue weighted by molar-refractivity contribution is -0.384. The van der Waals surface area contributed by atoms with E-state index in [1.807, 2.05) is 31.3 Å². The van der Waals surface area contributed by atoms with Crippen LogP contribution in [-0.4, -0.2) is 18.5 Å². The summed E-state index contributed by atoms with van der Waals surface area (Å²) in [5.41, 5.74) is 2.48. The molecule has 6 nitrogen and oxygen atoms in total. The van der Waals surface area contributed by atoms with Crippen molar-refractivity contribution >= 4 is 22.7 Å². The third-order valence-electron chi connectivity index (χ3n) is 3.11. The van der Waals surface area contributed by atoms with E-state index in [1.54, 1.807) is 12.1 Å². The van der Waals surface area contributed by atoms with Crippen LogP contribution < -0.4 is 4.90 Å². The number of hydrogen-bond acceptors (Lipinski definition) is 5. The highest BCUT2D eigenvalue weighted by Gasteiger charge is 2.03. The highest BCUT2D eigenvalue weighted by molar-refractivity contribution is 5.52. The molecule has 0 unspecified atom stereocenters. The van der Waals surface area contributed by atoms with E-state index in [2.05, 4.69) is 22.1 Å². The van der Waals surface area contributed by atoms with Crippen molar-refractivity contribution in [3.63, 3.8) is 0 Å². The molecular weight excluding hydrogens is 268 g/mol. The Morgan fingerprint density at radius 3 is 1.90 bits per heavy atom. The summed E-state index contributed by atoms with van der Waals surface area (Å²) in [6, 6.07) is 13.7. The van der Waals surface area contributed by atoms with Crippen LogP contribution in [0.1, 0.15) is 6.92 Å². The molecule has 0 fully saturated rings. The largest absolute Gasteiger partial charge is 0.375 e. The SMILES string of the molecule is CCN(C)c1ccc(/N=N/c2ccc([N+](=O)[O-])cc2)cc1. The van der Waals surface area contributed by atoms with Crippen LogP contribution in [0.4, 0.5) is 22.7 Å². The van der Waals surface area contributed by atoms with Crippen molar-refractivity contribution in [2.24, 2.45) is 10.2 Å². The third-order valence-corrected chi connectivity index (χ3v) is 3.11. The summed E-state index contributed by atoms with van der Waals surface area (Å²) in [6.45, 7) is 3.02. The lowest BCUT2D eigenvalue weighted by atomic mass is 10.2. The third kappa shape index (κ3) is 3.85. The minimum atomic E-state index is -0.441. The van der Waals surface area contributed by atoms with Crippen molar-refractivity contribution in [2.75, 3.05) is 18.5 Å². The monoisotopic (exact) mass is 284 g/mol. The summed E-state index contributed by atoms with van der Waals surface area (Å²) in [6.07, 6.45) is 0. The van der Waals surface area contributed by atoms with Gasteiger partial charge in [-0.05, 0) is 43.3 Å². The van der Waals surface area contributed by atoms with Gasteiger partial charge in [-0.25, -0.2) is 0 Å². The summed E-state index contributed by atoms with van der Waals surface area (Å²) in [4.78, 5) is 12.2. The Morgan fingerprint density at radius 1 is 1.00 bits per heavy atom. The normalized spacial score (nSPS) is 10.8. The van der Waals surface area contributed by atoms with Crippen LogP contribution in [0.2, 0.25) is 0 Å². The first-order chi connectivity index (χ1) is 10.1. The zero-order chi connectivity index (χ0) is 15.2. The predicted molar refractivity (Wildman–Crippen MR) is 82.7 cm³/mol. The highest BCUT2D eigenvalue weighted by atomic mass is 16.6. The van der Waals surface area contributed by atoms with Crippen LogP contribution >= 0.6 is 0 Å². The standard InChI is InChI=1S/C15H16N4O2/c1-3-18(2)14-8-4-12(5-9-14)16-17-13-6-10-15(11-7-13)19(20)21/h4-11H,3H2,1-2H3/b17-16+. The molecule has 0 spiro atoms. The Balaban J connectivity index is 2.08. The molecule has 0 bridgehead atoms. The minimum Gasteiger partial charge on any atom is -0.375 e. The highest BCUT2D eigenvalue weighted by Crippen LogP contribution is 2.23. The van der Waals surface area contributed by atoms with Gasteiger partial charge in [0.15, 0.2) is 0 Å². The van der Waals surface area contributed by atoms with Gasteiger partial charge in [0.05, 0.1) is 16.3 Å². The van der Waals surface area contributed by atoms with Crippen LogP contribution in [0.5, 0.6) is 0 Å². The van der Waals surface area contributed by atoms with Crippen LogP contribution in [0.3, 0.4) is 0 Å². The van der Waals surface area contributed by atoms with E-state index in [-0.39, 0.29) is 5.69 Å². The molecule has 0 saturated carbocycles. The van der Waals surface area contributed by atoms with Gasteiger partial charge in [0, 0.05) is 31.4 Å². The molecule has 0 heterocycles. The van der Waals surface area contributed by atoms with E-state index in [9.17, 15) is 10.1 Å². The van der Waals surface area contributed by atoms with Gasteiger partial charge in [0.1, 0.15) is 0 Å². The average Bonchev–Trinajstić information content (AvgIpc) is 2.53. The molecule has 108 valence electrons. The lowest BCUT2D eigenvalue weighted by Gasteiger charge is -2.16. The zero-order valence-corrected chi connectivity index (χ0v) is 11.9.